The SMILES string of the molecule is CCC1(CC)C(=O)NC(=O)N1Cc1csc(C)n1. The van der Waals surface area contributed by atoms with Crippen LogP contribution < -0.4 is 5.32 Å². The maximum atomic E-state index is 12.0. The van der Waals surface area contributed by atoms with Crippen molar-refractivity contribution in [2.45, 2.75) is 45.7 Å². The summed E-state index contributed by atoms with van der Waals surface area (Å²) in [6.45, 7) is 6.18. The molecule has 0 spiro atoms. The van der Waals surface area contributed by atoms with Crippen LogP contribution in [0.2, 0.25) is 0 Å². The van der Waals surface area contributed by atoms with Crippen LogP contribution in [0.4, 0.5) is 4.79 Å². The van der Waals surface area contributed by atoms with Gasteiger partial charge in [0.25, 0.3) is 5.91 Å². The van der Waals surface area contributed by atoms with Gasteiger partial charge in [0, 0.05) is 5.38 Å². The highest BCUT2D eigenvalue weighted by atomic mass is 32.1. The van der Waals surface area contributed by atoms with Crippen LogP contribution in [0, 0.1) is 6.92 Å². The Hall–Kier alpha value is -1.43. The Labute approximate surface area is 110 Å². The molecule has 3 amide bonds. The number of thiazole rings is 1. The third-order valence-corrected chi connectivity index (χ3v) is 4.38. The highest BCUT2D eigenvalue weighted by molar-refractivity contribution is 7.09. The van der Waals surface area contributed by atoms with E-state index in [4.69, 9.17) is 0 Å². The Kier molecular flexibility index (Phi) is 3.38. The molecule has 0 radical (unpaired) electrons. The molecule has 0 bridgehead atoms. The molecule has 1 aromatic rings. The molecule has 0 aromatic carbocycles. The molecule has 98 valence electrons. The van der Waals surface area contributed by atoms with Crippen molar-refractivity contribution in [3.63, 3.8) is 0 Å². The third-order valence-electron chi connectivity index (χ3n) is 3.56. The fourth-order valence-corrected chi connectivity index (χ4v) is 3.02. The predicted octanol–water partition coefficient (Wildman–Crippen LogP) is 2.06. The second-order valence-electron chi connectivity index (χ2n) is 4.44. The van der Waals surface area contributed by atoms with Gasteiger partial charge in [-0.1, -0.05) is 13.8 Å². The van der Waals surface area contributed by atoms with E-state index in [-0.39, 0.29) is 11.9 Å². The summed E-state index contributed by atoms with van der Waals surface area (Å²) < 4.78 is 0. The van der Waals surface area contributed by atoms with Gasteiger partial charge >= 0.3 is 6.03 Å². The van der Waals surface area contributed by atoms with Crippen molar-refractivity contribution in [1.29, 1.82) is 0 Å². The smallest absolute Gasteiger partial charge is 0.304 e. The van der Waals surface area contributed by atoms with Crippen molar-refractivity contribution >= 4 is 23.3 Å². The van der Waals surface area contributed by atoms with E-state index in [0.717, 1.165) is 10.7 Å². The summed E-state index contributed by atoms with van der Waals surface area (Å²) in [7, 11) is 0. The molecular weight excluding hydrogens is 250 g/mol. The van der Waals surface area contributed by atoms with E-state index in [1.165, 1.54) is 0 Å². The van der Waals surface area contributed by atoms with E-state index >= 15 is 0 Å². The number of aryl methyl sites for hydroxylation is 1. The number of carbonyl (C=O) groups excluding carboxylic acids is 2. The molecule has 2 rings (SSSR count). The molecule has 1 aliphatic heterocycles. The Bertz CT molecular complexity index is 479. The molecule has 1 aliphatic rings. The standard InChI is InChI=1S/C12H17N3O2S/c1-4-12(5-2)10(16)14-11(17)15(12)6-9-7-18-8(3)13-9/h7H,4-6H2,1-3H3,(H,14,16,17). The number of nitrogens with zero attached hydrogens (tertiary/aromatic N) is 2. The van der Waals surface area contributed by atoms with E-state index in [9.17, 15) is 9.59 Å². The lowest BCUT2D eigenvalue weighted by Gasteiger charge is -2.33. The van der Waals surface area contributed by atoms with Crippen LogP contribution in [0.15, 0.2) is 5.38 Å². The van der Waals surface area contributed by atoms with Crippen molar-refractivity contribution in [1.82, 2.24) is 15.2 Å². The van der Waals surface area contributed by atoms with Gasteiger partial charge in [0.2, 0.25) is 0 Å². The van der Waals surface area contributed by atoms with Gasteiger partial charge in [0.1, 0.15) is 5.54 Å². The number of hydrogen-bond donors (Lipinski definition) is 1. The first-order valence-corrected chi connectivity index (χ1v) is 6.95. The van der Waals surface area contributed by atoms with Crippen molar-refractivity contribution in [2.75, 3.05) is 0 Å². The molecule has 6 heteroatoms. The van der Waals surface area contributed by atoms with E-state index in [2.05, 4.69) is 10.3 Å². The first kappa shape index (κ1) is 13.0. The minimum Gasteiger partial charge on any atom is -0.304 e. The average Bonchev–Trinajstić information content (AvgIpc) is 2.84. The summed E-state index contributed by atoms with van der Waals surface area (Å²) in [5.41, 5.74) is 0.128. The summed E-state index contributed by atoms with van der Waals surface area (Å²) in [5, 5.41) is 5.31. The van der Waals surface area contributed by atoms with Gasteiger partial charge in [-0.2, -0.15) is 0 Å². The molecule has 0 saturated carbocycles. The average molecular weight is 267 g/mol. The number of rotatable bonds is 4. The van der Waals surface area contributed by atoms with E-state index in [1.807, 2.05) is 26.2 Å². The fourth-order valence-electron chi connectivity index (χ4n) is 2.42. The molecule has 0 unspecified atom stereocenters. The normalized spacial score (nSPS) is 18.3. The second kappa shape index (κ2) is 4.68. The first-order valence-electron chi connectivity index (χ1n) is 6.07. The lowest BCUT2D eigenvalue weighted by atomic mass is 9.91. The molecule has 0 aliphatic carbocycles. The van der Waals surface area contributed by atoms with Crippen LogP contribution in [0.25, 0.3) is 0 Å². The minimum atomic E-state index is -0.714. The third kappa shape index (κ3) is 1.90. The molecule has 18 heavy (non-hydrogen) atoms. The fraction of sp³-hybridized carbons (Fsp3) is 0.583. The summed E-state index contributed by atoms with van der Waals surface area (Å²) in [5.74, 6) is -0.190. The summed E-state index contributed by atoms with van der Waals surface area (Å²) in [6, 6.07) is -0.311. The lowest BCUT2D eigenvalue weighted by molar-refractivity contribution is -0.127. The highest BCUT2D eigenvalue weighted by Crippen LogP contribution is 2.30. The zero-order valence-electron chi connectivity index (χ0n) is 10.8. The first-order chi connectivity index (χ1) is 8.53. The number of hydrogen-bond acceptors (Lipinski definition) is 4. The van der Waals surface area contributed by atoms with Gasteiger partial charge in [-0.05, 0) is 19.8 Å². The van der Waals surface area contributed by atoms with Crippen LogP contribution in [0.1, 0.15) is 37.4 Å². The summed E-state index contributed by atoms with van der Waals surface area (Å²) >= 11 is 1.55. The predicted molar refractivity (Wildman–Crippen MR) is 69.2 cm³/mol. The Morgan fingerprint density at radius 2 is 2.06 bits per heavy atom. The van der Waals surface area contributed by atoms with Crippen LogP contribution in [0.3, 0.4) is 0 Å². The number of aromatic nitrogens is 1. The number of urea groups is 1. The van der Waals surface area contributed by atoms with Crippen molar-refractivity contribution in [2.24, 2.45) is 0 Å². The van der Waals surface area contributed by atoms with Crippen LogP contribution >= 0.6 is 11.3 Å². The van der Waals surface area contributed by atoms with E-state index in [1.54, 1.807) is 16.2 Å². The quantitative estimate of drug-likeness (QED) is 0.849. The van der Waals surface area contributed by atoms with Gasteiger partial charge < -0.3 is 4.90 Å². The number of imide groups is 1. The van der Waals surface area contributed by atoms with Crippen LogP contribution in [-0.2, 0) is 11.3 Å². The van der Waals surface area contributed by atoms with Gasteiger partial charge in [-0.3, -0.25) is 10.1 Å². The molecular formula is C12H17N3O2S. The zero-order chi connectivity index (χ0) is 13.3. The number of nitrogens with one attached hydrogen (secondary N) is 1. The summed E-state index contributed by atoms with van der Waals surface area (Å²) in [6.07, 6.45) is 1.23. The molecule has 5 nitrogen and oxygen atoms in total. The maximum Gasteiger partial charge on any atom is 0.325 e. The van der Waals surface area contributed by atoms with Crippen molar-refractivity contribution in [3.05, 3.63) is 16.1 Å². The van der Waals surface area contributed by atoms with E-state index in [0.29, 0.717) is 19.4 Å². The largest absolute Gasteiger partial charge is 0.325 e. The molecule has 0 atom stereocenters. The second-order valence-corrected chi connectivity index (χ2v) is 5.50. The molecule has 2 heterocycles. The summed E-state index contributed by atoms with van der Waals surface area (Å²) in [4.78, 5) is 29.9. The van der Waals surface area contributed by atoms with Gasteiger partial charge in [-0.25, -0.2) is 9.78 Å². The monoisotopic (exact) mass is 267 g/mol. The van der Waals surface area contributed by atoms with Crippen LogP contribution in [-0.4, -0.2) is 27.4 Å². The number of carbonyl (C=O) groups is 2. The number of amides is 3. The zero-order valence-corrected chi connectivity index (χ0v) is 11.6. The maximum absolute atomic E-state index is 12.0. The molecule has 1 saturated heterocycles. The molecule has 1 aromatic heterocycles. The molecule has 1 N–H and O–H groups in total. The van der Waals surface area contributed by atoms with Gasteiger partial charge in [0.15, 0.2) is 0 Å². The van der Waals surface area contributed by atoms with E-state index < -0.39 is 5.54 Å². The minimum absolute atomic E-state index is 0.190. The van der Waals surface area contributed by atoms with Gasteiger partial charge in [-0.15, -0.1) is 11.3 Å². The molecule has 1 fully saturated rings. The van der Waals surface area contributed by atoms with Crippen molar-refractivity contribution < 1.29 is 9.59 Å². The highest BCUT2D eigenvalue weighted by Gasteiger charge is 2.50. The van der Waals surface area contributed by atoms with Crippen molar-refractivity contribution in [3.8, 4) is 0 Å². The topological polar surface area (TPSA) is 62.3 Å². The Morgan fingerprint density at radius 3 is 2.56 bits per heavy atom. The Balaban J connectivity index is 2.29. The van der Waals surface area contributed by atoms with Gasteiger partial charge in [0.05, 0.1) is 17.2 Å². The lowest BCUT2D eigenvalue weighted by Crippen LogP contribution is -2.48. The van der Waals surface area contributed by atoms with Crippen LogP contribution in [0.5, 0.6) is 0 Å². The Morgan fingerprint density at radius 1 is 1.39 bits per heavy atom.